The maximum absolute atomic E-state index is 12.2. The van der Waals surface area contributed by atoms with E-state index in [0.29, 0.717) is 11.5 Å². The van der Waals surface area contributed by atoms with Crippen LogP contribution in [0.25, 0.3) is 0 Å². The zero-order valence-corrected chi connectivity index (χ0v) is 13.3. The van der Waals surface area contributed by atoms with Crippen molar-refractivity contribution in [2.24, 2.45) is 21.9 Å². The van der Waals surface area contributed by atoms with Crippen molar-refractivity contribution in [1.29, 1.82) is 0 Å². The lowest BCUT2D eigenvalue weighted by atomic mass is 9.70. The molecule has 2 fully saturated rings. The van der Waals surface area contributed by atoms with E-state index in [0.717, 1.165) is 24.1 Å². The quantitative estimate of drug-likeness (QED) is 0.598. The molecule has 2 bridgehead atoms. The van der Waals surface area contributed by atoms with E-state index >= 15 is 0 Å². The number of hydrogen-bond donors (Lipinski definition) is 0. The van der Waals surface area contributed by atoms with Gasteiger partial charge in [0.25, 0.3) is 0 Å². The highest BCUT2D eigenvalue weighted by Crippen LogP contribution is 2.63. The predicted molar refractivity (Wildman–Crippen MR) is 83.3 cm³/mol. The Balaban J connectivity index is 1.79. The van der Waals surface area contributed by atoms with Crippen molar-refractivity contribution in [3.63, 3.8) is 0 Å². The van der Waals surface area contributed by atoms with Crippen molar-refractivity contribution in [1.82, 2.24) is 0 Å². The first-order valence-electron chi connectivity index (χ1n) is 7.70. The van der Waals surface area contributed by atoms with Crippen LogP contribution >= 0.6 is 0 Å². The van der Waals surface area contributed by atoms with Crippen LogP contribution in [0.1, 0.15) is 56.0 Å². The van der Waals surface area contributed by atoms with Gasteiger partial charge in [0.1, 0.15) is 0 Å². The molecule has 0 amide bonds. The van der Waals surface area contributed by atoms with Gasteiger partial charge < -0.3 is 4.84 Å². The molecule has 21 heavy (non-hydrogen) atoms. The van der Waals surface area contributed by atoms with Crippen molar-refractivity contribution in [2.75, 3.05) is 0 Å². The van der Waals surface area contributed by atoms with Crippen molar-refractivity contribution < 1.29 is 9.63 Å². The summed E-state index contributed by atoms with van der Waals surface area (Å²) >= 11 is 0. The molecule has 2 saturated carbocycles. The lowest BCUT2D eigenvalue weighted by Gasteiger charge is -2.34. The van der Waals surface area contributed by atoms with Gasteiger partial charge in [0.15, 0.2) is 0 Å². The fraction of sp³-hybridized carbons (Fsp3) is 0.556. The Kier molecular flexibility index (Phi) is 3.19. The third-order valence-corrected chi connectivity index (χ3v) is 6.12. The van der Waals surface area contributed by atoms with Crippen LogP contribution in [-0.2, 0) is 4.84 Å². The van der Waals surface area contributed by atoms with Gasteiger partial charge in [-0.05, 0) is 49.1 Å². The molecule has 0 spiro atoms. The van der Waals surface area contributed by atoms with Crippen LogP contribution in [0.4, 0.5) is 0 Å². The summed E-state index contributed by atoms with van der Waals surface area (Å²) in [6.45, 7) is 8.80. The largest absolute Gasteiger partial charge is 0.365 e. The molecule has 0 aliphatic heterocycles. The maximum Gasteiger partial charge on any atom is 0.365 e. The molecule has 2 aliphatic rings. The average Bonchev–Trinajstić information content (AvgIpc) is 2.78. The summed E-state index contributed by atoms with van der Waals surface area (Å²) in [5.74, 6) is 0.309. The highest BCUT2D eigenvalue weighted by molar-refractivity contribution is 5.96. The maximum atomic E-state index is 12.2. The lowest BCUT2D eigenvalue weighted by molar-refractivity contribution is 0.0507. The van der Waals surface area contributed by atoms with Crippen LogP contribution in [0, 0.1) is 23.7 Å². The summed E-state index contributed by atoms with van der Waals surface area (Å²) in [5, 5.41) is 4.26. The number of aryl methyl sites for hydroxylation is 1. The number of fused-ring (bicyclic) bond motifs is 2. The Morgan fingerprint density at radius 1 is 1.29 bits per heavy atom. The van der Waals surface area contributed by atoms with Gasteiger partial charge in [0, 0.05) is 5.41 Å². The van der Waals surface area contributed by atoms with Crippen LogP contribution in [-0.4, -0.2) is 11.7 Å². The van der Waals surface area contributed by atoms with Gasteiger partial charge in [-0.3, -0.25) is 0 Å². The fourth-order valence-electron chi connectivity index (χ4n) is 4.01. The summed E-state index contributed by atoms with van der Waals surface area (Å²) in [7, 11) is 0. The first-order chi connectivity index (χ1) is 9.86. The molecule has 2 atom stereocenters. The first kappa shape index (κ1) is 14.3. The molecule has 3 nitrogen and oxygen atoms in total. The van der Waals surface area contributed by atoms with Crippen LogP contribution in [0.5, 0.6) is 0 Å². The Hall–Kier alpha value is -1.64. The van der Waals surface area contributed by atoms with E-state index in [1.807, 2.05) is 25.1 Å². The number of benzene rings is 1. The summed E-state index contributed by atoms with van der Waals surface area (Å²) in [6.07, 6.45) is 3.37. The van der Waals surface area contributed by atoms with E-state index in [4.69, 9.17) is 4.84 Å². The van der Waals surface area contributed by atoms with Gasteiger partial charge in [0.05, 0.1) is 11.3 Å². The standard InChI is InChI=1S/C18H23NO2/c1-12-7-5-6-8-14(12)16(20)21-19-15-11-13-9-10-18(15,4)17(13,2)3/h5-8,13H,9-11H2,1-4H3/b19-15-/t13-,18+/m1/s1. The summed E-state index contributed by atoms with van der Waals surface area (Å²) in [6, 6.07) is 7.45. The smallest absolute Gasteiger partial charge is 0.313 e. The highest BCUT2D eigenvalue weighted by Gasteiger charge is 2.60. The van der Waals surface area contributed by atoms with Crippen LogP contribution in [0.2, 0.25) is 0 Å². The minimum absolute atomic E-state index is 0.0731. The third-order valence-electron chi connectivity index (χ3n) is 6.12. The Morgan fingerprint density at radius 2 is 2.00 bits per heavy atom. The van der Waals surface area contributed by atoms with Gasteiger partial charge in [0.2, 0.25) is 0 Å². The average molecular weight is 285 g/mol. The van der Waals surface area contributed by atoms with Gasteiger partial charge in [-0.25, -0.2) is 4.79 Å². The molecule has 1 aromatic rings. The van der Waals surface area contributed by atoms with E-state index in [1.165, 1.54) is 6.42 Å². The summed E-state index contributed by atoms with van der Waals surface area (Å²) in [5.41, 5.74) is 2.90. The second kappa shape index (κ2) is 4.69. The summed E-state index contributed by atoms with van der Waals surface area (Å²) in [4.78, 5) is 17.4. The van der Waals surface area contributed by atoms with Crippen LogP contribution < -0.4 is 0 Å². The molecule has 0 aromatic heterocycles. The predicted octanol–water partition coefficient (Wildman–Crippen LogP) is 4.35. The Labute approximate surface area is 126 Å². The molecule has 3 heteroatoms. The van der Waals surface area contributed by atoms with Crippen molar-refractivity contribution in [3.05, 3.63) is 35.4 Å². The lowest BCUT2D eigenvalue weighted by Crippen LogP contribution is -2.32. The van der Waals surface area contributed by atoms with Crippen LogP contribution in [0.3, 0.4) is 0 Å². The van der Waals surface area contributed by atoms with Crippen molar-refractivity contribution in [2.45, 2.75) is 47.0 Å². The Bertz CT molecular complexity index is 617. The number of hydrogen-bond acceptors (Lipinski definition) is 3. The molecule has 112 valence electrons. The van der Waals surface area contributed by atoms with Crippen molar-refractivity contribution in [3.8, 4) is 0 Å². The molecule has 0 saturated heterocycles. The fourth-order valence-corrected chi connectivity index (χ4v) is 4.01. The minimum Gasteiger partial charge on any atom is -0.313 e. The zero-order chi connectivity index (χ0) is 15.3. The van der Waals surface area contributed by atoms with E-state index in [1.54, 1.807) is 6.07 Å². The second-order valence-electron chi connectivity index (χ2n) is 7.23. The molecule has 2 aliphatic carbocycles. The molecule has 0 unspecified atom stereocenters. The van der Waals surface area contributed by atoms with Crippen LogP contribution in [0.15, 0.2) is 29.4 Å². The normalized spacial score (nSPS) is 31.6. The van der Waals surface area contributed by atoms with E-state index < -0.39 is 0 Å². The first-order valence-corrected chi connectivity index (χ1v) is 7.70. The second-order valence-corrected chi connectivity index (χ2v) is 7.23. The van der Waals surface area contributed by atoms with Gasteiger partial charge in [-0.2, -0.15) is 0 Å². The number of rotatable bonds is 2. The molecule has 0 radical (unpaired) electrons. The van der Waals surface area contributed by atoms with Gasteiger partial charge in [-0.1, -0.05) is 44.1 Å². The SMILES string of the molecule is Cc1ccccc1C(=O)O/N=C1/C[C@H]2CC[C@]1(C)C2(C)C. The van der Waals surface area contributed by atoms with Gasteiger partial charge in [-0.15, -0.1) is 0 Å². The van der Waals surface area contributed by atoms with E-state index in [9.17, 15) is 4.79 Å². The monoisotopic (exact) mass is 285 g/mol. The highest BCUT2D eigenvalue weighted by atomic mass is 16.7. The number of nitrogens with zero attached hydrogens (tertiary/aromatic N) is 1. The number of carbonyl (C=O) groups excluding carboxylic acids is 1. The zero-order valence-electron chi connectivity index (χ0n) is 13.3. The topological polar surface area (TPSA) is 38.7 Å². The third kappa shape index (κ3) is 2.02. The Morgan fingerprint density at radius 3 is 2.57 bits per heavy atom. The number of oxime groups is 1. The molecular formula is C18H23NO2. The molecular weight excluding hydrogens is 262 g/mol. The molecule has 0 heterocycles. The molecule has 0 N–H and O–H groups in total. The van der Waals surface area contributed by atoms with E-state index in [2.05, 4.69) is 25.9 Å². The van der Waals surface area contributed by atoms with Gasteiger partial charge >= 0.3 is 5.97 Å². The van der Waals surface area contributed by atoms with Crippen molar-refractivity contribution >= 4 is 11.7 Å². The minimum atomic E-state index is -0.357. The number of carbonyl (C=O) groups is 1. The molecule has 3 rings (SSSR count). The summed E-state index contributed by atoms with van der Waals surface area (Å²) < 4.78 is 0. The van der Waals surface area contributed by atoms with E-state index in [-0.39, 0.29) is 16.8 Å². The molecule has 1 aromatic carbocycles.